The van der Waals surface area contributed by atoms with Gasteiger partial charge in [0.05, 0.1) is 12.7 Å². The number of thioether (sulfide) groups is 1. The Hall–Kier alpha value is -2.67. The first-order valence-corrected chi connectivity index (χ1v) is 10.4. The number of rotatable bonds is 7. The smallest absolute Gasteiger partial charge is 0.318 e. The Morgan fingerprint density at radius 1 is 1.14 bits per heavy atom. The highest BCUT2D eigenvalue weighted by Gasteiger charge is 2.24. The van der Waals surface area contributed by atoms with Crippen molar-refractivity contribution in [1.82, 2.24) is 4.90 Å². The molecule has 0 fully saturated rings. The number of nitrogens with zero attached hydrogens (tertiary/aromatic N) is 1. The Kier molecular flexibility index (Phi) is 7.04. The number of carbonyl (C=O) groups excluding carboxylic acids is 2. The van der Waals surface area contributed by atoms with Gasteiger partial charge in [-0.3, -0.25) is 9.59 Å². The molecule has 0 spiro atoms. The fourth-order valence-electron chi connectivity index (χ4n) is 3.11. The summed E-state index contributed by atoms with van der Waals surface area (Å²) in [6, 6.07) is 13.1. The third-order valence-corrected chi connectivity index (χ3v) is 5.79. The molecular weight excluding hydrogens is 390 g/mol. The lowest BCUT2D eigenvalue weighted by molar-refractivity contribution is -0.139. The molecule has 154 valence electrons. The minimum absolute atomic E-state index is 0.0954. The molecule has 2 aromatic rings. The Bertz CT molecular complexity index is 885. The van der Waals surface area contributed by atoms with Gasteiger partial charge in [0.2, 0.25) is 0 Å². The van der Waals surface area contributed by atoms with Crippen LogP contribution in [0.3, 0.4) is 0 Å². The first-order valence-electron chi connectivity index (χ1n) is 9.55. The third kappa shape index (κ3) is 4.85. The maximum absolute atomic E-state index is 13.3. The van der Waals surface area contributed by atoms with Gasteiger partial charge in [0, 0.05) is 23.5 Å². The van der Waals surface area contributed by atoms with E-state index in [4.69, 9.17) is 14.2 Å². The molecule has 1 unspecified atom stereocenters. The summed E-state index contributed by atoms with van der Waals surface area (Å²) in [5, 5.41) is -0.407. The van der Waals surface area contributed by atoms with E-state index in [-0.39, 0.29) is 11.9 Å². The second-order valence-electron chi connectivity index (χ2n) is 6.54. The van der Waals surface area contributed by atoms with Crippen LogP contribution in [-0.2, 0) is 16.1 Å². The van der Waals surface area contributed by atoms with Crippen molar-refractivity contribution in [2.45, 2.75) is 30.5 Å². The standard InChI is InChI=1S/C22H25NO5S/c1-4-23(14-16-8-7-10-18-20(16)28-13-12-27-18)21(24)17-9-5-6-11-19(17)29-15(2)22(25)26-3/h5-11,15H,4,12-14H2,1-3H3. The van der Waals surface area contributed by atoms with Crippen LogP contribution in [0.15, 0.2) is 47.4 Å². The third-order valence-electron chi connectivity index (χ3n) is 4.63. The Labute approximate surface area is 175 Å². The van der Waals surface area contributed by atoms with Crippen LogP contribution in [0.25, 0.3) is 0 Å². The predicted molar refractivity (Wildman–Crippen MR) is 112 cm³/mol. The maximum atomic E-state index is 13.3. The lowest BCUT2D eigenvalue weighted by atomic mass is 10.1. The van der Waals surface area contributed by atoms with Crippen molar-refractivity contribution in [3.8, 4) is 11.5 Å². The number of carbonyl (C=O) groups is 2. The topological polar surface area (TPSA) is 65.1 Å². The molecule has 0 aliphatic carbocycles. The number of hydrogen-bond donors (Lipinski definition) is 0. The molecule has 3 rings (SSSR count). The van der Waals surface area contributed by atoms with Gasteiger partial charge in [-0.2, -0.15) is 0 Å². The maximum Gasteiger partial charge on any atom is 0.318 e. The van der Waals surface area contributed by atoms with Gasteiger partial charge in [-0.15, -0.1) is 11.8 Å². The summed E-state index contributed by atoms with van der Waals surface area (Å²) in [4.78, 5) is 27.6. The van der Waals surface area contributed by atoms with E-state index in [9.17, 15) is 9.59 Å². The van der Waals surface area contributed by atoms with Crippen molar-refractivity contribution in [3.05, 3.63) is 53.6 Å². The quantitative estimate of drug-likeness (QED) is 0.507. The highest BCUT2D eigenvalue weighted by Crippen LogP contribution is 2.35. The van der Waals surface area contributed by atoms with Crippen molar-refractivity contribution in [1.29, 1.82) is 0 Å². The van der Waals surface area contributed by atoms with Crippen LogP contribution in [0.1, 0.15) is 29.8 Å². The largest absolute Gasteiger partial charge is 0.486 e. The number of para-hydroxylation sites is 1. The monoisotopic (exact) mass is 415 g/mol. The zero-order chi connectivity index (χ0) is 20.8. The Morgan fingerprint density at radius 3 is 2.66 bits per heavy atom. The summed E-state index contributed by atoms with van der Waals surface area (Å²) in [7, 11) is 1.36. The minimum Gasteiger partial charge on any atom is -0.486 e. The average molecular weight is 416 g/mol. The Morgan fingerprint density at radius 2 is 1.90 bits per heavy atom. The summed E-state index contributed by atoms with van der Waals surface area (Å²) in [5.74, 6) is 0.992. The van der Waals surface area contributed by atoms with Crippen molar-refractivity contribution in [2.75, 3.05) is 26.9 Å². The molecule has 0 bridgehead atoms. The lowest BCUT2D eigenvalue weighted by Gasteiger charge is -2.26. The van der Waals surface area contributed by atoms with Gasteiger partial charge in [-0.05, 0) is 32.0 Å². The first-order chi connectivity index (χ1) is 14.0. The zero-order valence-electron chi connectivity index (χ0n) is 16.8. The molecular formula is C22H25NO5S. The molecule has 29 heavy (non-hydrogen) atoms. The highest BCUT2D eigenvalue weighted by atomic mass is 32.2. The zero-order valence-corrected chi connectivity index (χ0v) is 17.7. The Balaban J connectivity index is 1.83. The van der Waals surface area contributed by atoms with E-state index in [1.165, 1.54) is 18.9 Å². The number of hydrogen-bond acceptors (Lipinski definition) is 6. The summed E-state index contributed by atoms with van der Waals surface area (Å²) in [6.45, 7) is 5.67. The minimum atomic E-state index is -0.407. The van der Waals surface area contributed by atoms with Crippen molar-refractivity contribution in [2.24, 2.45) is 0 Å². The number of benzene rings is 2. The van der Waals surface area contributed by atoms with Crippen LogP contribution in [0.2, 0.25) is 0 Å². The molecule has 1 amide bonds. The predicted octanol–water partition coefficient (Wildman–Crippen LogP) is 3.77. The molecule has 0 saturated carbocycles. The number of amides is 1. The average Bonchev–Trinajstić information content (AvgIpc) is 2.76. The molecule has 0 N–H and O–H groups in total. The lowest BCUT2D eigenvalue weighted by Crippen LogP contribution is -2.31. The number of ether oxygens (including phenoxy) is 3. The van der Waals surface area contributed by atoms with Crippen molar-refractivity contribution in [3.63, 3.8) is 0 Å². The second kappa shape index (κ2) is 9.69. The SMILES string of the molecule is CCN(Cc1cccc2c1OCCO2)C(=O)c1ccccc1SC(C)C(=O)OC. The highest BCUT2D eigenvalue weighted by molar-refractivity contribution is 8.00. The van der Waals surface area contributed by atoms with Gasteiger partial charge in [-0.1, -0.05) is 24.3 Å². The summed E-state index contributed by atoms with van der Waals surface area (Å²) in [6.07, 6.45) is 0. The van der Waals surface area contributed by atoms with Crippen LogP contribution in [0, 0.1) is 0 Å². The number of methoxy groups -OCH3 is 1. The van der Waals surface area contributed by atoms with Gasteiger partial charge in [0.1, 0.15) is 18.5 Å². The van der Waals surface area contributed by atoms with Crippen molar-refractivity contribution < 1.29 is 23.8 Å². The van der Waals surface area contributed by atoms with E-state index in [1.54, 1.807) is 17.9 Å². The van der Waals surface area contributed by atoms with Gasteiger partial charge < -0.3 is 19.1 Å². The van der Waals surface area contributed by atoms with Crippen LogP contribution >= 0.6 is 11.8 Å². The molecule has 1 heterocycles. The van der Waals surface area contributed by atoms with E-state index in [0.29, 0.717) is 43.4 Å². The molecule has 1 atom stereocenters. The normalized spacial score (nSPS) is 13.5. The van der Waals surface area contributed by atoms with Gasteiger partial charge >= 0.3 is 5.97 Å². The van der Waals surface area contributed by atoms with Crippen LogP contribution in [-0.4, -0.2) is 48.9 Å². The van der Waals surface area contributed by atoms with E-state index in [1.807, 2.05) is 43.3 Å². The van der Waals surface area contributed by atoms with Crippen LogP contribution < -0.4 is 9.47 Å². The summed E-state index contributed by atoms with van der Waals surface area (Å²) in [5.41, 5.74) is 1.47. The summed E-state index contributed by atoms with van der Waals surface area (Å²) >= 11 is 1.32. The van der Waals surface area contributed by atoms with Crippen molar-refractivity contribution >= 4 is 23.6 Å². The van der Waals surface area contributed by atoms with E-state index >= 15 is 0 Å². The number of fused-ring (bicyclic) bond motifs is 1. The van der Waals surface area contributed by atoms with E-state index in [2.05, 4.69) is 0 Å². The molecule has 2 aromatic carbocycles. The molecule has 1 aliphatic heterocycles. The molecule has 0 saturated heterocycles. The fourth-order valence-corrected chi connectivity index (χ4v) is 4.13. The first kappa shape index (κ1) is 21.0. The number of esters is 1. The van der Waals surface area contributed by atoms with Crippen LogP contribution in [0.5, 0.6) is 11.5 Å². The molecule has 1 aliphatic rings. The van der Waals surface area contributed by atoms with Gasteiger partial charge in [-0.25, -0.2) is 0 Å². The summed E-state index contributed by atoms with van der Waals surface area (Å²) < 4.78 is 16.2. The molecule has 7 heteroatoms. The molecule has 0 aromatic heterocycles. The molecule has 0 radical (unpaired) electrons. The van der Waals surface area contributed by atoms with Crippen LogP contribution in [0.4, 0.5) is 0 Å². The van der Waals surface area contributed by atoms with E-state index in [0.717, 1.165) is 10.5 Å². The van der Waals surface area contributed by atoms with Gasteiger partial charge in [0.25, 0.3) is 5.91 Å². The molecule has 6 nitrogen and oxygen atoms in total. The van der Waals surface area contributed by atoms with Gasteiger partial charge in [0.15, 0.2) is 11.5 Å². The fraction of sp³-hybridized carbons (Fsp3) is 0.364. The second-order valence-corrected chi connectivity index (χ2v) is 7.92. The van der Waals surface area contributed by atoms with E-state index < -0.39 is 5.25 Å².